The summed E-state index contributed by atoms with van der Waals surface area (Å²) in [5.74, 6) is -1.65. The van der Waals surface area contributed by atoms with Crippen LogP contribution < -0.4 is 5.32 Å². The number of aliphatic hydroxyl groups is 1. The van der Waals surface area contributed by atoms with Crippen molar-refractivity contribution in [1.82, 2.24) is 15.1 Å². The van der Waals surface area contributed by atoms with Crippen molar-refractivity contribution in [1.29, 1.82) is 0 Å². The van der Waals surface area contributed by atoms with Crippen LogP contribution >= 0.6 is 0 Å². The van der Waals surface area contributed by atoms with E-state index in [0.29, 0.717) is 19.6 Å². The monoisotopic (exact) mass is 325 g/mol. The molecule has 2 N–H and O–H groups in total. The van der Waals surface area contributed by atoms with Crippen LogP contribution in [-0.4, -0.2) is 59.3 Å². The number of amides is 2. The number of benzene rings is 1. The first-order chi connectivity index (χ1) is 11.0. The number of nitrogens with one attached hydrogen (secondary N) is 1. The highest BCUT2D eigenvalue weighted by atomic mass is 19.2. The molecule has 0 bridgehead atoms. The van der Waals surface area contributed by atoms with E-state index in [9.17, 15) is 18.7 Å². The van der Waals surface area contributed by atoms with Gasteiger partial charge in [-0.15, -0.1) is 0 Å². The van der Waals surface area contributed by atoms with Gasteiger partial charge in [0.2, 0.25) is 0 Å². The van der Waals surface area contributed by atoms with Crippen molar-refractivity contribution >= 4 is 6.03 Å². The van der Waals surface area contributed by atoms with E-state index in [-0.39, 0.29) is 12.1 Å². The number of piperidine rings is 1. The Balaban J connectivity index is 1.43. The third-order valence-electron chi connectivity index (χ3n) is 4.45. The second-order valence-electron chi connectivity index (χ2n) is 6.31. The van der Waals surface area contributed by atoms with Crippen LogP contribution in [0.3, 0.4) is 0 Å². The minimum atomic E-state index is -0.828. The summed E-state index contributed by atoms with van der Waals surface area (Å²) >= 11 is 0. The average molecular weight is 325 g/mol. The average Bonchev–Trinajstić information content (AvgIpc) is 2.50. The SMILES string of the molecule is O=C(NC1CCN(Cc2ccc(F)c(F)c2)CC1)N1CC(O)C1. The molecule has 0 aromatic heterocycles. The molecular weight excluding hydrogens is 304 g/mol. The summed E-state index contributed by atoms with van der Waals surface area (Å²) < 4.78 is 26.1. The second kappa shape index (κ2) is 6.80. The summed E-state index contributed by atoms with van der Waals surface area (Å²) in [4.78, 5) is 15.7. The summed E-state index contributed by atoms with van der Waals surface area (Å²) in [7, 11) is 0. The van der Waals surface area contributed by atoms with Gasteiger partial charge in [-0.3, -0.25) is 4.90 Å². The van der Waals surface area contributed by atoms with Crippen LogP contribution in [0.4, 0.5) is 13.6 Å². The van der Waals surface area contributed by atoms with Crippen molar-refractivity contribution in [2.24, 2.45) is 0 Å². The maximum Gasteiger partial charge on any atom is 0.317 e. The summed E-state index contributed by atoms with van der Waals surface area (Å²) in [5.41, 5.74) is 0.751. The van der Waals surface area contributed by atoms with Crippen molar-refractivity contribution in [3.63, 3.8) is 0 Å². The molecule has 2 aliphatic rings. The molecule has 0 atom stereocenters. The summed E-state index contributed by atoms with van der Waals surface area (Å²) in [6.45, 7) is 2.98. The van der Waals surface area contributed by atoms with Gasteiger partial charge in [-0.2, -0.15) is 0 Å². The maximum atomic E-state index is 13.2. The Hall–Kier alpha value is -1.73. The molecule has 3 rings (SSSR count). The molecule has 2 fully saturated rings. The molecular formula is C16H21F2N3O2. The third kappa shape index (κ3) is 3.97. The van der Waals surface area contributed by atoms with Crippen LogP contribution in [0.25, 0.3) is 0 Å². The molecule has 2 heterocycles. The van der Waals surface area contributed by atoms with Gasteiger partial charge in [0, 0.05) is 25.7 Å². The molecule has 5 nitrogen and oxygen atoms in total. The molecule has 7 heteroatoms. The van der Waals surface area contributed by atoms with Crippen molar-refractivity contribution in [2.75, 3.05) is 26.2 Å². The second-order valence-corrected chi connectivity index (χ2v) is 6.31. The highest BCUT2D eigenvalue weighted by molar-refractivity contribution is 5.75. The minimum Gasteiger partial charge on any atom is -0.389 e. The number of hydrogen-bond donors (Lipinski definition) is 2. The number of hydrogen-bond acceptors (Lipinski definition) is 3. The number of carbonyl (C=O) groups excluding carboxylic acids is 1. The summed E-state index contributed by atoms with van der Waals surface area (Å²) in [6, 6.07) is 4.00. The number of urea groups is 1. The first kappa shape index (κ1) is 16.1. The molecule has 0 radical (unpaired) electrons. The highest BCUT2D eigenvalue weighted by Crippen LogP contribution is 2.16. The van der Waals surface area contributed by atoms with Gasteiger partial charge in [-0.05, 0) is 30.5 Å². The van der Waals surface area contributed by atoms with Gasteiger partial charge in [0.15, 0.2) is 11.6 Å². The van der Waals surface area contributed by atoms with Crippen molar-refractivity contribution in [2.45, 2.75) is 31.5 Å². The largest absolute Gasteiger partial charge is 0.389 e. The molecule has 23 heavy (non-hydrogen) atoms. The lowest BCUT2D eigenvalue weighted by molar-refractivity contribution is 0.0249. The Morgan fingerprint density at radius 2 is 1.91 bits per heavy atom. The van der Waals surface area contributed by atoms with E-state index in [4.69, 9.17) is 0 Å². The predicted molar refractivity (Wildman–Crippen MR) is 80.8 cm³/mol. The molecule has 1 aromatic carbocycles. The number of β-amino-alcohol motifs (C(OH)–C–C–N with tert-alkyl or cyclic N) is 1. The lowest BCUT2D eigenvalue weighted by atomic mass is 10.0. The van der Waals surface area contributed by atoms with Crippen molar-refractivity contribution < 1.29 is 18.7 Å². The zero-order valence-corrected chi connectivity index (χ0v) is 12.8. The van der Waals surface area contributed by atoms with Gasteiger partial charge in [0.05, 0.1) is 19.2 Å². The van der Waals surface area contributed by atoms with Gasteiger partial charge in [-0.25, -0.2) is 13.6 Å². The topological polar surface area (TPSA) is 55.8 Å². The van der Waals surface area contributed by atoms with E-state index in [2.05, 4.69) is 10.2 Å². The zero-order chi connectivity index (χ0) is 16.4. The summed E-state index contributed by atoms with van der Waals surface area (Å²) in [5, 5.41) is 12.2. The van der Waals surface area contributed by atoms with Crippen LogP contribution in [0.15, 0.2) is 18.2 Å². The van der Waals surface area contributed by atoms with Crippen LogP contribution in [0.2, 0.25) is 0 Å². The number of halogens is 2. The van der Waals surface area contributed by atoms with Crippen molar-refractivity contribution in [3.8, 4) is 0 Å². The number of rotatable bonds is 3. The Kier molecular flexibility index (Phi) is 4.77. The molecule has 2 aliphatic heterocycles. The maximum absolute atomic E-state index is 13.2. The van der Waals surface area contributed by atoms with Crippen LogP contribution in [-0.2, 0) is 6.54 Å². The standard InChI is InChI=1S/C16H21F2N3O2/c17-14-2-1-11(7-15(14)18)8-20-5-3-12(4-6-20)19-16(23)21-9-13(22)10-21/h1-2,7,12-13,22H,3-6,8-10H2,(H,19,23). The van der Waals surface area contributed by atoms with Gasteiger partial charge in [-0.1, -0.05) is 6.07 Å². The molecule has 1 aromatic rings. The number of likely N-dealkylation sites (tertiary alicyclic amines) is 2. The number of carbonyl (C=O) groups is 1. The van der Waals surface area contributed by atoms with Crippen LogP contribution in [0.1, 0.15) is 18.4 Å². The van der Waals surface area contributed by atoms with Gasteiger partial charge < -0.3 is 15.3 Å². The predicted octanol–water partition coefficient (Wildman–Crippen LogP) is 1.32. The van der Waals surface area contributed by atoms with Crippen molar-refractivity contribution in [3.05, 3.63) is 35.4 Å². The highest BCUT2D eigenvalue weighted by Gasteiger charge is 2.30. The van der Waals surface area contributed by atoms with Gasteiger partial charge >= 0.3 is 6.03 Å². The van der Waals surface area contributed by atoms with E-state index < -0.39 is 17.7 Å². The first-order valence-electron chi connectivity index (χ1n) is 7.91. The molecule has 0 spiro atoms. The molecule has 2 saturated heterocycles. The lowest BCUT2D eigenvalue weighted by Crippen LogP contribution is -2.58. The van der Waals surface area contributed by atoms with E-state index in [1.165, 1.54) is 6.07 Å². The zero-order valence-electron chi connectivity index (χ0n) is 12.8. The number of nitrogens with zero attached hydrogens (tertiary/aromatic N) is 2. The first-order valence-corrected chi connectivity index (χ1v) is 7.91. The van der Waals surface area contributed by atoms with Crippen LogP contribution in [0.5, 0.6) is 0 Å². The molecule has 0 saturated carbocycles. The quantitative estimate of drug-likeness (QED) is 0.881. The molecule has 2 amide bonds. The van der Waals surface area contributed by atoms with Gasteiger partial charge in [0.1, 0.15) is 0 Å². The fraction of sp³-hybridized carbons (Fsp3) is 0.562. The Labute approximate surface area is 133 Å². The fourth-order valence-electron chi connectivity index (χ4n) is 3.02. The fourth-order valence-corrected chi connectivity index (χ4v) is 3.02. The Bertz CT molecular complexity index is 570. The van der Waals surface area contributed by atoms with Crippen LogP contribution in [0, 0.1) is 11.6 Å². The van der Waals surface area contributed by atoms with E-state index >= 15 is 0 Å². The van der Waals surface area contributed by atoms with E-state index in [0.717, 1.165) is 37.6 Å². The normalized spacial score (nSPS) is 20.4. The Morgan fingerprint density at radius 3 is 2.52 bits per heavy atom. The minimum absolute atomic E-state index is 0.116. The Morgan fingerprint density at radius 1 is 1.22 bits per heavy atom. The summed E-state index contributed by atoms with van der Waals surface area (Å²) in [6.07, 6.45) is 1.26. The molecule has 126 valence electrons. The van der Waals surface area contributed by atoms with E-state index in [1.54, 1.807) is 11.0 Å². The number of aliphatic hydroxyl groups excluding tert-OH is 1. The van der Waals surface area contributed by atoms with Gasteiger partial charge in [0.25, 0.3) is 0 Å². The third-order valence-corrected chi connectivity index (χ3v) is 4.45. The molecule has 0 unspecified atom stereocenters. The smallest absolute Gasteiger partial charge is 0.317 e. The molecule has 0 aliphatic carbocycles. The van der Waals surface area contributed by atoms with E-state index in [1.807, 2.05) is 0 Å². The lowest BCUT2D eigenvalue weighted by Gasteiger charge is -2.38.